The first-order valence-electron chi connectivity index (χ1n) is 15.8. The molecule has 12 heteroatoms. The molecule has 0 amide bonds. The van der Waals surface area contributed by atoms with Gasteiger partial charge >= 0.3 is 5.97 Å². The zero-order valence-electron chi connectivity index (χ0n) is 28.4. The second-order valence-electron chi connectivity index (χ2n) is 13.4. The lowest BCUT2D eigenvalue weighted by atomic mass is 9.78. The maximum Gasteiger partial charge on any atom is 0.316 e. The lowest BCUT2D eigenvalue weighted by Gasteiger charge is -2.47. The number of ketones is 1. The summed E-state index contributed by atoms with van der Waals surface area (Å²) in [6.07, 6.45) is 4.96. The number of aliphatic hydroxyl groups is 1. The van der Waals surface area contributed by atoms with Gasteiger partial charge in [0.05, 0.1) is 23.9 Å². The Morgan fingerprint density at radius 1 is 1.20 bits per heavy atom. The number of hydrogen-bond donors (Lipinski definition) is 4. The standard InChI is InChI=1S/C32H58N4O8/c1-12-24-32(8,41-13-2)27(34)21(6)35-17-18(3)15-31(7,40-11)28(19(4)25(37)20(5)29(39)43-24)44-30-26(38)23(36(9)10)14-22(16-33)42-30/h2,18-24,26-28,30,35,38H,12,14-17,33-34H2,1,3-11H3/t18-,19+,20?,21-,22+,23+,24-,26-,27-,28-,30+,31-,32-/m1/s1. The molecule has 2 heterocycles. The number of methoxy groups -OCH3 is 1. The summed E-state index contributed by atoms with van der Waals surface area (Å²) in [4.78, 5) is 29.5. The molecular weight excluding hydrogens is 568 g/mol. The van der Waals surface area contributed by atoms with Gasteiger partial charge in [0.25, 0.3) is 0 Å². The number of rotatable bonds is 7. The molecule has 13 atom stereocenters. The third-order valence-electron chi connectivity index (χ3n) is 9.75. The second-order valence-corrected chi connectivity index (χ2v) is 13.4. The van der Waals surface area contributed by atoms with Crippen LogP contribution in [0.1, 0.15) is 67.7 Å². The molecular formula is C32H58N4O8. The van der Waals surface area contributed by atoms with Crippen LogP contribution in [0.2, 0.25) is 0 Å². The minimum Gasteiger partial charge on any atom is -0.457 e. The third-order valence-corrected chi connectivity index (χ3v) is 9.75. The van der Waals surface area contributed by atoms with E-state index in [1.165, 1.54) is 6.92 Å². The van der Waals surface area contributed by atoms with E-state index in [-0.39, 0.29) is 30.7 Å². The van der Waals surface area contributed by atoms with E-state index in [0.717, 1.165) is 0 Å². The predicted octanol–water partition coefficient (Wildman–Crippen LogP) is 1.02. The first-order valence-corrected chi connectivity index (χ1v) is 15.8. The Balaban J connectivity index is 2.59. The highest BCUT2D eigenvalue weighted by Gasteiger charge is 2.51. The van der Waals surface area contributed by atoms with Crippen molar-refractivity contribution in [3.8, 4) is 12.5 Å². The molecule has 2 fully saturated rings. The first-order chi connectivity index (χ1) is 20.5. The fourth-order valence-electron chi connectivity index (χ4n) is 6.70. The van der Waals surface area contributed by atoms with E-state index in [0.29, 0.717) is 25.8 Å². The Kier molecular flexibility index (Phi) is 14.1. The van der Waals surface area contributed by atoms with Crippen LogP contribution < -0.4 is 16.8 Å². The van der Waals surface area contributed by atoms with E-state index >= 15 is 0 Å². The summed E-state index contributed by atoms with van der Waals surface area (Å²) < 4.78 is 30.4. The van der Waals surface area contributed by atoms with Crippen LogP contribution in [0.3, 0.4) is 0 Å². The Morgan fingerprint density at radius 3 is 2.36 bits per heavy atom. The minimum atomic E-state index is -1.23. The monoisotopic (exact) mass is 626 g/mol. The number of nitrogens with two attached hydrogens (primary N) is 2. The molecule has 0 spiro atoms. The smallest absolute Gasteiger partial charge is 0.316 e. The number of carbonyl (C=O) groups excluding carboxylic acids is 2. The second kappa shape index (κ2) is 16.1. The molecule has 6 N–H and O–H groups in total. The van der Waals surface area contributed by atoms with Crippen LogP contribution in [0.25, 0.3) is 0 Å². The molecule has 0 bridgehead atoms. The van der Waals surface area contributed by atoms with Crippen molar-refractivity contribution in [2.24, 2.45) is 29.2 Å². The number of esters is 1. The van der Waals surface area contributed by atoms with Gasteiger partial charge in [0.1, 0.15) is 24.2 Å². The maximum absolute atomic E-state index is 14.0. The topological polar surface area (TPSA) is 168 Å². The van der Waals surface area contributed by atoms with Gasteiger partial charge in [-0.15, -0.1) is 0 Å². The van der Waals surface area contributed by atoms with Gasteiger partial charge in [-0.1, -0.05) is 27.2 Å². The zero-order chi connectivity index (χ0) is 33.6. The molecule has 12 nitrogen and oxygen atoms in total. The van der Waals surface area contributed by atoms with Crippen molar-refractivity contribution in [3.05, 3.63) is 0 Å². The number of ether oxygens (including phenoxy) is 5. The Morgan fingerprint density at radius 2 is 1.84 bits per heavy atom. The molecule has 254 valence electrons. The number of nitrogens with one attached hydrogen (secondary N) is 1. The lowest BCUT2D eigenvalue weighted by molar-refractivity contribution is -0.296. The van der Waals surface area contributed by atoms with Gasteiger partial charge in [-0.25, -0.2) is 0 Å². The average molecular weight is 627 g/mol. The van der Waals surface area contributed by atoms with Gasteiger partial charge in [0.2, 0.25) is 0 Å². The van der Waals surface area contributed by atoms with Crippen LogP contribution in [-0.4, -0.2) is 116 Å². The third kappa shape index (κ3) is 8.50. The number of hydrogen-bond acceptors (Lipinski definition) is 12. The van der Waals surface area contributed by atoms with Crippen molar-refractivity contribution in [2.45, 2.75) is 128 Å². The van der Waals surface area contributed by atoms with Gasteiger partial charge < -0.3 is 50.5 Å². The van der Waals surface area contributed by atoms with Crippen molar-refractivity contribution in [1.29, 1.82) is 0 Å². The molecule has 0 aromatic carbocycles. The van der Waals surface area contributed by atoms with E-state index in [4.69, 9.17) is 41.6 Å². The molecule has 0 aliphatic carbocycles. The number of likely N-dealkylation sites (N-methyl/N-ethyl adjacent to an activating group) is 1. The molecule has 2 aliphatic heterocycles. The molecule has 0 aromatic rings. The fourth-order valence-corrected chi connectivity index (χ4v) is 6.70. The number of terminal acetylenes is 1. The number of Topliss-reactive ketones (excluding diaryl/α,β-unsaturated/α-hetero) is 1. The lowest BCUT2D eigenvalue weighted by Crippen LogP contribution is -2.63. The van der Waals surface area contributed by atoms with Gasteiger partial charge in [-0.3, -0.25) is 9.59 Å². The van der Waals surface area contributed by atoms with Gasteiger partial charge in [0.15, 0.2) is 17.7 Å². The van der Waals surface area contributed by atoms with Crippen molar-refractivity contribution in [3.63, 3.8) is 0 Å². The molecule has 2 rings (SSSR count). The summed E-state index contributed by atoms with van der Waals surface area (Å²) in [6.45, 7) is 13.4. The van der Waals surface area contributed by atoms with Crippen LogP contribution >= 0.6 is 0 Å². The molecule has 44 heavy (non-hydrogen) atoms. The Bertz CT molecular complexity index is 994. The van der Waals surface area contributed by atoms with Gasteiger partial charge in [0, 0.05) is 31.7 Å². The highest BCUT2D eigenvalue weighted by Crippen LogP contribution is 2.36. The summed E-state index contributed by atoms with van der Waals surface area (Å²) in [5.74, 6) is -3.11. The van der Waals surface area contributed by atoms with Crippen LogP contribution in [0.15, 0.2) is 0 Å². The Labute approximate surface area is 264 Å². The van der Waals surface area contributed by atoms with Crippen molar-refractivity contribution in [2.75, 3.05) is 34.3 Å². The zero-order valence-corrected chi connectivity index (χ0v) is 28.4. The number of cyclic esters (lactones) is 1. The summed E-state index contributed by atoms with van der Waals surface area (Å²) in [7, 11) is 5.31. The summed E-state index contributed by atoms with van der Waals surface area (Å²) >= 11 is 0. The highest BCUT2D eigenvalue weighted by atomic mass is 16.7. The van der Waals surface area contributed by atoms with E-state index in [1.54, 1.807) is 21.0 Å². The molecule has 2 saturated heterocycles. The number of aliphatic hydroxyl groups excluding tert-OH is 1. The molecule has 0 saturated carbocycles. The minimum absolute atomic E-state index is 0.0220. The average Bonchev–Trinajstić information content (AvgIpc) is 2.99. The van der Waals surface area contributed by atoms with Crippen molar-refractivity contribution in [1.82, 2.24) is 10.2 Å². The van der Waals surface area contributed by atoms with E-state index in [9.17, 15) is 14.7 Å². The normalized spacial score (nSPS) is 43.4. The van der Waals surface area contributed by atoms with Crippen LogP contribution in [0.4, 0.5) is 0 Å². The van der Waals surface area contributed by atoms with E-state index < -0.39 is 65.4 Å². The van der Waals surface area contributed by atoms with Gasteiger partial charge in [-0.05, 0) is 73.5 Å². The van der Waals surface area contributed by atoms with E-state index in [1.807, 2.05) is 39.8 Å². The largest absolute Gasteiger partial charge is 0.457 e. The molecule has 0 radical (unpaired) electrons. The SMILES string of the molecule is C#CO[C@@]1(C)[C@H](N)[C@@H](C)NC[C@H](C)C[C@@](C)(OC)[C@H](O[C@@H]2O[C@H](CN)C[C@H](N(C)C)[C@H]2O)[C@@H](C)C(=O)C(C)C(=O)O[C@@H]1CC. The first kappa shape index (κ1) is 38.4. The quantitative estimate of drug-likeness (QED) is 0.180. The van der Waals surface area contributed by atoms with Crippen LogP contribution in [-0.2, 0) is 33.3 Å². The van der Waals surface area contributed by atoms with Crippen molar-refractivity contribution >= 4 is 11.8 Å². The Hall–Kier alpha value is -1.82. The van der Waals surface area contributed by atoms with Crippen LogP contribution in [0, 0.1) is 30.3 Å². The van der Waals surface area contributed by atoms with Crippen LogP contribution in [0.5, 0.6) is 0 Å². The maximum atomic E-state index is 14.0. The summed E-state index contributed by atoms with van der Waals surface area (Å²) in [6, 6.07) is -1.22. The molecule has 1 unspecified atom stereocenters. The van der Waals surface area contributed by atoms with Crippen molar-refractivity contribution < 1.29 is 38.4 Å². The molecule has 2 aliphatic rings. The predicted molar refractivity (Wildman–Crippen MR) is 167 cm³/mol. The highest BCUT2D eigenvalue weighted by molar-refractivity contribution is 6.00. The number of nitrogens with zero attached hydrogens (tertiary/aromatic N) is 1. The molecule has 0 aromatic heterocycles. The summed E-state index contributed by atoms with van der Waals surface area (Å²) in [5.41, 5.74) is 10.4. The summed E-state index contributed by atoms with van der Waals surface area (Å²) in [5, 5.41) is 14.8. The van der Waals surface area contributed by atoms with Gasteiger partial charge in [-0.2, -0.15) is 0 Å². The van der Waals surface area contributed by atoms with E-state index in [2.05, 4.69) is 18.3 Å². The number of carbonyl (C=O) groups is 2. The fraction of sp³-hybridized carbons (Fsp3) is 0.875.